The summed E-state index contributed by atoms with van der Waals surface area (Å²) in [6.07, 6.45) is 2.93. The van der Waals surface area contributed by atoms with Crippen LogP contribution in [0.5, 0.6) is 0 Å². The van der Waals surface area contributed by atoms with E-state index in [2.05, 4.69) is 5.10 Å². The molecule has 0 N–H and O–H groups in total. The summed E-state index contributed by atoms with van der Waals surface area (Å²) in [5.74, 6) is -1.91. The van der Waals surface area contributed by atoms with Crippen molar-refractivity contribution in [3.63, 3.8) is 0 Å². The Labute approximate surface area is 154 Å². The van der Waals surface area contributed by atoms with Crippen molar-refractivity contribution >= 4 is 23.7 Å². The summed E-state index contributed by atoms with van der Waals surface area (Å²) in [7, 11) is 2.22. The zero-order valence-corrected chi connectivity index (χ0v) is 14.4. The second-order valence-corrected chi connectivity index (χ2v) is 5.47. The molecule has 0 aromatic heterocycles. The summed E-state index contributed by atoms with van der Waals surface area (Å²) in [6.45, 7) is 0. The number of allylic oxidation sites excluding steroid dienone is 1. The van der Waals surface area contributed by atoms with E-state index in [1.807, 2.05) is 30.3 Å². The van der Waals surface area contributed by atoms with Crippen molar-refractivity contribution in [1.29, 1.82) is 10.5 Å². The first-order valence-corrected chi connectivity index (χ1v) is 7.68. The first-order valence-electron chi connectivity index (χ1n) is 7.68. The summed E-state index contributed by atoms with van der Waals surface area (Å²) in [5, 5.41) is 25.7. The Kier molecular flexibility index (Phi) is 4.36. The molecular weight excluding hydrogens is 350 g/mol. The van der Waals surface area contributed by atoms with E-state index in [9.17, 15) is 20.1 Å². The third kappa shape index (κ3) is 2.50. The predicted octanol–water partition coefficient (Wildman–Crippen LogP) is 0.946. The Morgan fingerprint density at radius 1 is 1.07 bits per heavy atom. The van der Waals surface area contributed by atoms with Gasteiger partial charge in [-0.05, 0) is 5.56 Å². The molecule has 27 heavy (non-hydrogen) atoms. The van der Waals surface area contributed by atoms with Crippen molar-refractivity contribution < 1.29 is 19.1 Å². The fraction of sp³-hybridized carbons (Fsp3) is 0.167. The van der Waals surface area contributed by atoms with Crippen LogP contribution in [0.25, 0.3) is 5.57 Å². The SMILES string of the molecule is COC(=O)C1=C(C(=O)OC)C(C#N)(C#N)N2N=CC(c3ccccc3)=CN12. The van der Waals surface area contributed by atoms with Gasteiger partial charge < -0.3 is 9.47 Å². The van der Waals surface area contributed by atoms with Gasteiger partial charge in [-0.1, -0.05) is 30.3 Å². The van der Waals surface area contributed by atoms with E-state index in [1.54, 1.807) is 12.1 Å². The molecule has 0 saturated carbocycles. The minimum atomic E-state index is -2.17. The van der Waals surface area contributed by atoms with Crippen molar-refractivity contribution in [2.45, 2.75) is 5.54 Å². The van der Waals surface area contributed by atoms with Crippen LogP contribution >= 0.6 is 0 Å². The van der Waals surface area contributed by atoms with E-state index >= 15 is 0 Å². The number of hydrogen-bond donors (Lipinski definition) is 0. The van der Waals surface area contributed by atoms with E-state index in [0.29, 0.717) is 5.57 Å². The first-order chi connectivity index (χ1) is 13.0. The summed E-state index contributed by atoms with van der Waals surface area (Å²) in [4.78, 5) is 24.8. The van der Waals surface area contributed by atoms with Crippen LogP contribution < -0.4 is 0 Å². The first kappa shape index (κ1) is 17.7. The zero-order chi connectivity index (χ0) is 19.6. The van der Waals surface area contributed by atoms with Gasteiger partial charge in [0.2, 0.25) is 0 Å². The molecule has 0 aliphatic carbocycles. The van der Waals surface area contributed by atoms with E-state index in [-0.39, 0.29) is 5.70 Å². The number of hydrazone groups is 1. The third-order valence-corrected chi connectivity index (χ3v) is 4.10. The lowest BCUT2D eigenvalue weighted by Gasteiger charge is -2.33. The number of ether oxygens (including phenoxy) is 2. The summed E-state index contributed by atoms with van der Waals surface area (Å²) < 4.78 is 9.46. The van der Waals surface area contributed by atoms with Crippen LogP contribution in [0.1, 0.15) is 5.56 Å². The number of esters is 2. The maximum atomic E-state index is 12.4. The molecule has 0 amide bonds. The van der Waals surface area contributed by atoms with E-state index in [0.717, 1.165) is 29.9 Å². The topological polar surface area (TPSA) is 119 Å². The molecule has 1 aromatic carbocycles. The van der Waals surface area contributed by atoms with Gasteiger partial charge in [-0.25, -0.2) is 14.6 Å². The Morgan fingerprint density at radius 2 is 1.70 bits per heavy atom. The largest absolute Gasteiger partial charge is 0.465 e. The molecule has 0 saturated heterocycles. The molecule has 0 atom stereocenters. The van der Waals surface area contributed by atoms with Crippen LogP contribution in [0.3, 0.4) is 0 Å². The molecule has 2 heterocycles. The monoisotopic (exact) mass is 363 g/mol. The average molecular weight is 363 g/mol. The molecule has 0 unspecified atom stereocenters. The molecule has 0 spiro atoms. The fourth-order valence-corrected chi connectivity index (χ4v) is 2.83. The Bertz CT molecular complexity index is 967. The number of fused-ring (bicyclic) bond motifs is 1. The van der Waals surface area contributed by atoms with Crippen LogP contribution in [0.15, 0.2) is 52.9 Å². The quantitative estimate of drug-likeness (QED) is 0.728. The van der Waals surface area contributed by atoms with Gasteiger partial charge in [-0.15, -0.1) is 0 Å². The molecule has 9 heteroatoms. The van der Waals surface area contributed by atoms with Crippen LogP contribution in [0.2, 0.25) is 0 Å². The summed E-state index contributed by atoms with van der Waals surface area (Å²) in [6, 6.07) is 12.7. The van der Waals surface area contributed by atoms with E-state index in [1.165, 1.54) is 12.4 Å². The zero-order valence-electron chi connectivity index (χ0n) is 14.4. The number of rotatable bonds is 3. The van der Waals surface area contributed by atoms with Gasteiger partial charge in [0.25, 0.3) is 5.54 Å². The number of hydrogen-bond acceptors (Lipinski definition) is 9. The molecule has 0 fully saturated rings. The van der Waals surface area contributed by atoms with Crippen molar-refractivity contribution in [2.24, 2.45) is 5.10 Å². The average Bonchev–Trinajstić information content (AvgIpc) is 3.03. The Hall–Kier alpha value is -4.11. The van der Waals surface area contributed by atoms with Gasteiger partial charge in [0, 0.05) is 11.8 Å². The second-order valence-electron chi connectivity index (χ2n) is 5.47. The molecule has 2 aliphatic rings. The Balaban J connectivity index is 2.26. The summed E-state index contributed by atoms with van der Waals surface area (Å²) in [5.41, 5.74) is -1.55. The highest BCUT2D eigenvalue weighted by atomic mass is 16.5. The second kappa shape index (κ2) is 6.65. The van der Waals surface area contributed by atoms with Gasteiger partial charge in [0.05, 0.1) is 20.4 Å². The minimum Gasteiger partial charge on any atom is -0.465 e. The highest BCUT2D eigenvalue weighted by molar-refractivity contribution is 6.11. The smallest absolute Gasteiger partial charge is 0.357 e. The third-order valence-electron chi connectivity index (χ3n) is 4.10. The predicted molar refractivity (Wildman–Crippen MR) is 91.6 cm³/mol. The van der Waals surface area contributed by atoms with Crippen LogP contribution in [-0.4, -0.2) is 48.0 Å². The molecule has 1 aromatic rings. The molecule has 0 bridgehead atoms. The van der Waals surface area contributed by atoms with Crippen LogP contribution in [0.4, 0.5) is 0 Å². The molecule has 2 aliphatic heterocycles. The lowest BCUT2D eigenvalue weighted by atomic mass is 9.93. The van der Waals surface area contributed by atoms with E-state index < -0.39 is 23.1 Å². The molecular formula is C18H13N5O4. The standard InChI is InChI=1S/C18H13N5O4/c1-26-16(24)14-15(17(25)27-2)22-9-13(12-6-4-3-5-7-12)8-21-23(22)18(14,10-19)11-20/h3-9H,1-2H3. The molecule has 9 nitrogen and oxygen atoms in total. The lowest BCUT2D eigenvalue weighted by molar-refractivity contribution is -0.140. The van der Waals surface area contributed by atoms with Crippen molar-refractivity contribution in [3.8, 4) is 12.1 Å². The highest BCUT2D eigenvalue weighted by Crippen LogP contribution is 2.41. The fourth-order valence-electron chi connectivity index (χ4n) is 2.83. The summed E-state index contributed by atoms with van der Waals surface area (Å²) >= 11 is 0. The van der Waals surface area contributed by atoms with Gasteiger partial charge in [-0.3, -0.25) is 0 Å². The van der Waals surface area contributed by atoms with Gasteiger partial charge in [0.1, 0.15) is 17.7 Å². The maximum Gasteiger partial charge on any atom is 0.357 e. The van der Waals surface area contributed by atoms with Gasteiger partial charge in [0.15, 0.2) is 5.70 Å². The van der Waals surface area contributed by atoms with Gasteiger partial charge >= 0.3 is 11.9 Å². The molecule has 134 valence electrons. The number of methoxy groups -OCH3 is 2. The minimum absolute atomic E-state index is 0.308. The van der Waals surface area contributed by atoms with Crippen LogP contribution in [-0.2, 0) is 19.1 Å². The number of carbonyl (C=O) groups excluding carboxylic acids is 2. The highest BCUT2D eigenvalue weighted by Gasteiger charge is 2.59. The normalized spacial score (nSPS) is 16.8. The number of nitrogens with zero attached hydrogens (tertiary/aromatic N) is 5. The maximum absolute atomic E-state index is 12.4. The number of benzene rings is 1. The van der Waals surface area contributed by atoms with Crippen molar-refractivity contribution in [2.75, 3.05) is 14.2 Å². The lowest BCUT2D eigenvalue weighted by Crippen LogP contribution is -2.48. The number of nitriles is 2. The van der Waals surface area contributed by atoms with Crippen LogP contribution in [0, 0.1) is 22.7 Å². The number of hydrazine groups is 1. The molecule has 3 rings (SSSR count). The van der Waals surface area contributed by atoms with Crippen molar-refractivity contribution in [3.05, 3.63) is 53.4 Å². The number of carbonyl (C=O) groups is 2. The molecule has 0 radical (unpaired) electrons. The van der Waals surface area contributed by atoms with Gasteiger partial charge in [-0.2, -0.15) is 20.7 Å². The Morgan fingerprint density at radius 3 is 2.26 bits per heavy atom. The van der Waals surface area contributed by atoms with Crippen molar-refractivity contribution in [1.82, 2.24) is 10.1 Å². The van der Waals surface area contributed by atoms with E-state index in [4.69, 9.17) is 9.47 Å².